The van der Waals surface area contributed by atoms with Gasteiger partial charge in [-0.1, -0.05) is 13.8 Å². The van der Waals surface area contributed by atoms with E-state index in [9.17, 15) is 0 Å². The van der Waals surface area contributed by atoms with Crippen molar-refractivity contribution in [3.8, 4) is 0 Å². The first-order valence-corrected chi connectivity index (χ1v) is 4.16. The summed E-state index contributed by atoms with van der Waals surface area (Å²) in [6.45, 7) is 8.25. The summed E-state index contributed by atoms with van der Waals surface area (Å²) in [5, 5.41) is 0. The Balaban J connectivity index is 2.56. The maximum absolute atomic E-state index is 5.42. The van der Waals surface area contributed by atoms with Gasteiger partial charge in [0.25, 0.3) is 0 Å². The van der Waals surface area contributed by atoms with Gasteiger partial charge in [-0.3, -0.25) is 0 Å². The monoisotopic (exact) mass is 160 g/mol. The molecule has 1 rings (SSSR count). The van der Waals surface area contributed by atoms with Gasteiger partial charge in [0.15, 0.2) is 0 Å². The SMILES string of the molecule is CC1(C)COCC(C)(S)C1. The second-order valence-electron chi connectivity index (χ2n) is 4.33. The van der Waals surface area contributed by atoms with Crippen molar-refractivity contribution in [1.29, 1.82) is 0 Å². The molecule has 1 aliphatic rings. The molecular formula is C8H16OS. The van der Waals surface area contributed by atoms with Crippen molar-refractivity contribution in [2.24, 2.45) is 5.41 Å². The van der Waals surface area contributed by atoms with Crippen LogP contribution in [0.5, 0.6) is 0 Å². The van der Waals surface area contributed by atoms with Crippen molar-refractivity contribution >= 4 is 12.6 Å². The first-order valence-electron chi connectivity index (χ1n) is 3.72. The molecule has 0 spiro atoms. The molecule has 2 heteroatoms. The maximum atomic E-state index is 5.42. The van der Waals surface area contributed by atoms with Crippen LogP contribution in [0, 0.1) is 5.41 Å². The van der Waals surface area contributed by atoms with Crippen molar-refractivity contribution in [3.63, 3.8) is 0 Å². The van der Waals surface area contributed by atoms with Crippen LogP contribution >= 0.6 is 12.6 Å². The molecule has 1 fully saturated rings. The van der Waals surface area contributed by atoms with E-state index in [0.717, 1.165) is 19.6 Å². The second-order valence-corrected chi connectivity index (χ2v) is 5.41. The Morgan fingerprint density at radius 3 is 2.10 bits per heavy atom. The van der Waals surface area contributed by atoms with Crippen LogP contribution in [0.1, 0.15) is 27.2 Å². The number of ether oxygens (including phenoxy) is 1. The highest BCUT2D eigenvalue weighted by molar-refractivity contribution is 7.81. The van der Waals surface area contributed by atoms with Gasteiger partial charge in [0.05, 0.1) is 13.2 Å². The van der Waals surface area contributed by atoms with Crippen LogP contribution in [0.4, 0.5) is 0 Å². The smallest absolute Gasteiger partial charge is 0.0608 e. The molecular weight excluding hydrogens is 144 g/mol. The van der Waals surface area contributed by atoms with E-state index in [1.54, 1.807) is 0 Å². The molecule has 1 aliphatic heterocycles. The molecule has 0 radical (unpaired) electrons. The quantitative estimate of drug-likeness (QED) is 0.534. The largest absolute Gasteiger partial charge is 0.379 e. The van der Waals surface area contributed by atoms with Crippen LogP contribution in [0.15, 0.2) is 0 Å². The van der Waals surface area contributed by atoms with Crippen molar-refractivity contribution < 1.29 is 4.74 Å². The molecule has 0 bridgehead atoms. The van der Waals surface area contributed by atoms with Crippen molar-refractivity contribution in [3.05, 3.63) is 0 Å². The van der Waals surface area contributed by atoms with E-state index >= 15 is 0 Å². The molecule has 1 nitrogen and oxygen atoms in total. The lowest BCUT2D eigenvalue weighted by Gasteiger charge is -2.39. The van der Waals surface area contributed by atoms with Crippen molar-refractivity contribution in [1.82, 2.24) is 0 Å². The van der Waals surface area contributed by atoms with E-state index < -0.39 is 0 Å². The molecule has 1 heterocycles. The van der Waals surface area contributed by atoms with Gasteiger partial charge in [-0.15, -0.1) is 0 Å². The molecule has 1 atom stereocenters. The van der Waals surface area contributed by atoms with Crippen LogP contribution in [0.3, 0.4) is 0 Å². The van der Waals surface area contributed by atoms with Crippen molar-refractivity contribution in [2.45, 2.75) is 31.9 Å². The summed E-state index contributed by atoms with van der Waals surface area (Å²) in [7, 11) is 0. The second kappa shape index (κ2) is 2.42. The van der Waals surface area contributed by atoms with Gasteiger partial charge in [0.2, 0.25) is 0 Å². The summed E-state index contributed by atoms with van der Waals surface area (Å²) in [6.07, 6.45) is 1.14. The number of hydrogen-bond acceptors (Lipinski definition) is 2. The standard InChI is InChI=1S/C8H16OS/c1-7(2)4-8(3,10)6-9-5-7/h10H,4-6H2,1-3H3. The Morgan fingerprint density at radius 1 is 1.20 bits per heavy atom. The Bertz CT molecular complexity index is 115. The normalized spacial score (nSPS) is 39.6. The molecule has 0 aliphatic carbocycles. The van der Waals surface area contributed by atoms with E-state index in [-0.39, 0.29) is 4.75 Å². The summed E-state index contributed by atoms with van der Waals surface area (Å²) in [6, 6.07) is 0. The highest BCUT2D eigenvalue weighted by Crippen LogP contribution is 2.36. The van der Waals surface area contributed by atoms with Crippen LogP contribution in [0.2, 0.25) is 0 Å². The van der Waals surface area contributed by atoms with Crippen LogP contribution < -0.4 is 0 Å². The van der Waals surface area contributed by atoms with E-state index in [1.807, 2.05) is 0 Å². The zero-order valence-corrected chi connectivity index (χ0v) is 7.87. The number of hydrogen-bond donors (Lipinski definition) is 1. The zero-order chi connectivity index (χ0) is 7.83. The lowest BCUT2D eigenvalue weighted by molar-refractivity contribution is -0.00583. The van der Waals surface area contributed by atoms with Gasteiger partial charge in [0, 0.05) is 4.75 Å². The summed E-state index contributed by atoms with van der Waals surface area (Å²) in [5.74, 6) is 0. The van der Waals surface area contributed by atoms with E-state index in [1.165, 1.54) is 0 Å². The first-order chi connectivity index (χ1) is 4.41. The van der Waals surface area contributed by atoms with Gasteiger partial charge in [-0.25, -0.2) is 0 Å². The Labute approximate surface area is 68.6 Å². The molecule has 0 N–H and O–H groups in total. The van der Waals surface area contributed by atoms with Crippen LogP contribution in [-0.2, 0) is 4.74 Å². The summed E-state index contributed by atoms with van der Waals surface area (Å²) >= 11 is 4.51. The van der Waals surface area contributed by atoms with Gasteiger partial charge in [-0.2, -0.15) is 12.6 Å². The minimum absolute atomic E-state index is 0.0851. The number of thiol groups is 1. The Hall–Kier alpha value is 0.310. The molecule has 10 heavy (non-hydrogen) atoms. The highest BCUT2D eigenvalue weighted by atomic mass is 32.1. The Morgan fingerprint density at radius 2 is 1.80 bits per heavy atom. The summed E-state index contributed by atoms with van der Waals surface area (Å²) in [4.78, 5) is 0. The van der Waals surface area contributed by atoms with Crippen molar-refractivity contribution in [2.75, 3.05) is 13.2 Å². The van der Waals surface area contributed by atoms with Gasteiger partial charge >= 0.3 is 0 Å². The first kappa shape index (κ1) is 8.41. The minimum Gasteiger partial charge on any atom is -0.379 e. The third-order valence-electron chi connectivity index (χ3n) is 1.77. The molecule has 0 amide bonds. The van der Waals surface area contributed by atoms with Crippen LogP contribution in [-0.4, -0.2) is 18.0 Å². The third-order valence-corrected chi connectivity index (χ3v) is 2.05. The lowest BCUT2D eigenvalue weighted by atomic mass is 9.82. The molecule has 0 aromatic heterocycles. The molecule has 1 unspecified atom stereocenters. The van der Waals surface area contributed by atoms with E-state index in [0.29, 0.717) is 5.41 Å². The summed E-state index contributed by atoms with van der Waals surface area (Å²) in [5.41, 5.74) is 0.314. The predicted octanol–water partition coefficient (Wildman–Crippen LogP) is 2.12. The lowest BCUT2D eigenvalue weighted by Crippen LogP contribution is -2.40. The zero-order valence-electron chi connectivity index (χ0n) is 6.98. The molecule has 60 valence electrons. The molecule has 0 saturated carbocycles. The molecule has 0 aromatic carbocycles. The fourth-order valence-corrected chi connectivity index (χ4v) is 2.20. The highest BCUT2D eigenvalue weighted by Gasteiger charge is 2.34. The third kappa shape index (κ3) is 2.17. The van der Waals surface area contributed by atoms with E-state index in [4.69, 9.17) is 4.74 Å². The van der Waals surface area contributed by atoms with Gasteiger partial charge in [-0.05, 0) is 18.8 Å². The minimum atomic E-state index is 0.0851. The topological polar surface area (TPSA) is 9.23 Å². The van der Waals surface area contributed by atoms with Crippen LogP contribution in [0.25, 0.3) is 0 Å². The fraction of sp³-hybridized carbons (Fsp3) is 1.00. The van der Waals surface area contributed by atoms with Gasteiger partial charge in [0.1, 0.15) is 0 Å². The number of rotatable bonds is 0. The average molecular weight is 160 g/mol. The predicted molar refractivity (Wildman–Crippen MR) is 46.6 cm³/mol. The molecule has 0 aromatic rings. The fourth-order valence-electron chi connectivity index (χ4n) is 1.68. The molecule has 1 saturated heterocycles. The van der Waals surface area contributed by atoms with Gasteiger partial charge < -0.3 is 4.74 Å². The summed E-state index contributed by atoms with van der Waals surface area (Å²) < 4.78 is 5.51. The van der Waals surface area contributed by atoms with E-state index in [2.05, 4.69) is 33.4 Å². The maximum Gasteiger partial charge on any atom is 0.0608 e. The Kier molecular flexibility index (Phi) is 2.03. The average Bonchev–Trinajstić information content (AvgIpc) is 1.56.